The van der Waals surface area contributed by atoms with E-state index < -0.39 is 0 Å². The fourth-order valence-electron chi connectivity index (χ4n) is 2.22. The molecule has 0 bridgehead atoms. The summed E-state index contributed by atoms with van der Waals surface area (Å²) < 4.78 is 0. The van der Waals surface area contributed by atoms with Gasteiger partial charge < -0.3 is 11.5 Å². The van der Waals surface area contributed by atoms with Crippen molar-refractivity contribution < 1.29 is 0 Å². The zero-order chi connectivity index (χ0) is 14.0. The van der Waals surface area contributed by atoms with Crippen LogP contribution < -0.4 is 11.5 Å². The molecule has 0 fully saturated rings. The molecule has 19 heavy (non-hydrogen) atoms. The molecule has 0 spiro atoms. The topological polar surface area (TPSA) is 52.0 Å². The summed E-state index contributed by atoms with van der Waals surface area (Å²) >= 11 is 11.9. The van der Waals surface area contributed by atoms with Crippen molar-refractivity contribution >= 4 is 34.6 Å². The molecule has 0 aromatic heterocycles. The van der Waals surface area contributed by atoms with Gasteiger partial charge in [-0.25, -0.2) is 0 Å². The first kappa shape index (κ1) is 14.0. The highest BCUT2D eigenvalue weighted by Crippen LogP contribution is 2.33. The van der Waals surface area contributed by atoms with E-state index in [9.17, 15) is 0 Å². The first-order valence-corrected chi connectivity index (χ1v) is 6.88. The smallest absolute Gasteiger partial charge is 0.0635 e. The second-order valence-electron chi connectivity index (χ2n) is 4.52. The number of anilines is 2. The Morgan fingerprint density at radius 2 is 1.32 bits per heavy atom. The molecular formula is C15H16Cl2N2. The van der Waals surface area contributed by atoms with Crippen LogP contribution >= 0.6 is 23.2 Å². The molecule has 0 aliphatic rings. The molecule has 0 aliphatic heterocycles. The number of halogens is 2. The summed E-state index contributed by atoms with van der Waals surface area (Å²) in [5.74, 6) is 0.235. The molecule has 4 N–H and O–H groups in total. The summed E-state index contributed by atoms with van der Waals surface area (Å²) in [6.07, 6.45) is 0.947. The van der Waals surface area contributed by atoms with E-state index in [2.05, 4.69) is 6.92 Å². The Morgan fingerprint density at radius 3 is 1.63 bits per heavy atom. The van der Waals surface area contributed by atoms with Crippen LogP contribution in [0.3, 0.4) is 0 Å². The lowest BCUT2D eigenvalue weighted by Crippen LogP contribution is -2.02. The molecule has 4 heteroatoms. The van der Waals surface area contributed by atoms with Crippen LogP contribution in [-0.4, -0.2) is 0 Å². The molecule has 0 saturated heterocycles. The zero-order valence-electron chi connectivity index (χ0n) is 10.7. The van der Waals surface area contributed by atoms with E-state index >= 15 is 0 Å². The van der Waals surface area contributed by atoms with Gasteiger partial charge in [-0.05, 0) is 41.8 Å². The maximum atomic E-state index is 5.96. The van der Waals surface area contributed by atoms with E-state index in [1.165, 1.54) is 0 Å². The Bertz CT molecular complexity index is 545. The van der Waals surface area contributed by atoms with Crippen LogP contribution in [0.15, 0.2) is 36.4 Å². The van der Waals surface area contributed by atoms with Crippen molar-refractivity contribution in [2.24, 2.45) is 0 Å². The fraction of sp³-hybridized carbons (Fsp3) is 0.200. The maximum Gasteiger partial charge on any atom is 0.0635 e. The van der Waals surface area contributed by atoms with Gasteiger partial charge in [0.2, 0.25) is 0 Å². The van der Waals surface area contributed by atoms with Gasteiger partial charge in [0.1, 0.15) is 0 Å². The molecule has 0 radical (unpaired) electrons. The summed E-state index contributed by atoms with van der Waals surface area (Å²) in [4.78, 5) is 0. The van der Waals surface area contributed by atoms with E-state index in [0.29, 0.717) is 21.4 Å². The quantitative estimate of drug-likeness (QED) is 0.806. The second kappa shape index (κ2) is 5.72. The molecule has 2 aromatic rings. The van der Waals surface area contributed by atoms with Gasteiger partial charge in [-0.15, -0.1) is 0 Å². The van der Waals surface area contributed by atoms with Crippen LogP contribution in [0.2, 0.25) is 10.0 Å². The van der Waals surface area contributed by atoms with Crippen LogP contribution in [0.4, 0.5) is 11.4 Å². The zero-order valence-corrected chi connectivity index (χ0v) is 12.2. The van der Waals surface area contributed by atoms with E-state index in [1.807, 2.05) is 36.4 Å². The van der Waals surface area contributed by atoms with Crippen LogP contribution in [0.1, 0.15) is 30.4 Å². The highest BCUT2D eigenvalue weighted by Gasteiger charge is 2.14. The van der Waals surface area contributed by atoms with Crippen molar-refractivity contribution in [2.75, 3.05) is 11.5 Å². The third kappa shape index (κ3) is 2.96. The summed E-state index contributed by atoms with van der Waals surface area (Å²) in [5.41, 5.74) is 15.2. The van der Waals surface area contributed by atoms with Crippen LogP contribution in [0.5, 0.6) is 0 Å². The average molecular weight is 295 g/mol. The third-order valence-electron chi connectivity index (χ3n) is 3.25. The minimum atomic E-state index is 0.235. The fourth-order valence-corrected chi connectivity index (χ4v) is 2.46. The average Bonchev–Trinajstić information content (AvgIpc) is 2.39. The molecule has 0 heterocycles. The Labute approximate surface area is 123 Å². The van der Waals surface area contributed by atoms with E-state index in [0.717, 1.165) is 17.5 Å². The molecule has 2 aromatic carbocycles. The predicted octanol–water partition coefficient (Wildman–Crippen LogP) is 4.70. The van der Waals surface area contributed by atoms with Gasteiger partial charge in [0.15, 0.2) is 0 Å². The van der Waals surface area contributed by atoms with E-state index in [4.69, 9.17) is 34.7 Å². The largest absolute Gasteiger partial charge is 0.398 e. The van der Waals surface area contributed by atoms with Crippen molar-refractivity contribution in [1.29, 1.82) is 0 Å². The summed E-state index contributed by atoms with van der Waals surface area (Å²) in [6.45, 7) is 2.13. The Hall–Kier alpha value is -1.38. The molecule has 0 amide bonds. The Balaban J connectivity index is 2.43. The first-order chi connectivity index (χ1) is 9.02. The highest BCUT2D eigenvalue weighted by molar-refractivity contribution is 6.33. The molecular weight excluding hydrogens is 279 g/mol. The lowest BCUT2D eigenvalue weighted by molar-refractivity contribution is 0.778. The van der Waals surface area contributed by atoms with Gasteiger partial charge in [-0.3, -0.25) is 0 Å². The van der Waals surface area contributed by atoms with Crippen molar-refractivity contribution in [2.45, 2.75) is 19.3 Å². The molecule has 0 saturated carbocycles. The van der Waals surface area contributed by atoms with Crippen molar-refractivity contribution in [3.05, 3.63) is 57.6 Å². The van der Waals surface area contributed by atoms with Gasteiger partial charge in [-0.2, -0.15) is 0 Å². The van der Waals surface area contributed by atoms with Gasteiger partial charge >= 0.3 is 0 Å². The number of benzene rings is 2. The van der Waals surface area contributed by atoms with Crippen LogP contribution in [0.25, 0.3) is 0 Å². The number of hydrogen-bond acceptors (Lipinski definition) is 2. The lowest BCUT2D eigenvalue weighted by Gasteiger charge is -2.17. The van der Waals surface area contributed by atoms with Gasteiger partial charge in [0.05, 0.1) is 21.4 Å². The molecule has 2 nitrogen and oxygen atoms in total. The van der Waals surface area contributed by atoms with Gasteiger partial charge in [0.25, 0.3) is 0 Å². The summed E-state index contributed by atoms with van der Waals surface area (Å²) in [6, 6.07) is 11.5. The van der Waals surface area contributed by atoms with Crippen molar-refractivity contribution in [3.8, 4) is 0 Å². The molecule has 0 atom stereocenters. The maximum absolute atomic E-state index is 5.96. The normalized spacial score (nSPS) is 10.9. The summed E-state index contributed by atoms with van der Waals surface area (Å²) in [5, 5.41) is 1.16. The Kier molecular flexibility index (Phi) is 4.23. The first-order valence-electron chi connectivity index (χ1n) is 6.12. The van der Waals surface area contributed by atoms with Gasteiger partial charge in [-0.1, -0.05) is 42.3 Å². The van der Waals surface area contributed by atoms with Crippen LogP contribution in [-0.2, 0) is 0 Å². The molecule has 100 valence electrons. The third-order valence-corrected chi connectivity index (χ3v) is 3.94. The van der Waals surface area contributed by atoms with Crippen LogP contribution in [0, 0.1) is 0 Å². The molecule has 2 rings (SSSR count). The highest BCUT2D eigenvalue weighted by atomic mass is 35.5. The lowest BCUT2D eigenvalue weighted by atomic mass is 9.89. The van der Waals surface area contributed by atoms with Gasteiger partial charge in [0, 0.05) is 5.92 Å². The van der Waals surface area contributed by atoms with E-state index in [1.54, 1.807) is 0 Å². The van der Waals surface area contributed by atoms with E-state index in [-0.39, 0.29) is 5.92 Å². The number of rotatable bonds is 3. The number of nitrogen functional groups attached to an aromatic ring is 2. The van der Waals surface area contributed by atoms with Crippen molar-refractivity contribution in [3.63, 3.8) is 0 Å². The minimum Gasteiger partial charge on any atom is -0.398 e. The summed E-state index contributed by atoms with van der Waals surface area (Å²) in [7, 11) is 0. The molecule has 0 aliphatic carbocycles. The number of nitrogens with two attached hydrogens (primary N) is 2. The second-order valence-corrected chi connectivity index (χ2v) is 5.34. The number of hydrogen-bond donors (Lipinski definition) is 2. The molecule has 0 unspecified atom stereocenters. The Morgan fingerprint density at radius 1 is 0.895 bits per heavy atom. The standard InChI is InChI=1S/C15H16Cl2N2/c1-2-11(9-3-5-12(16)14(18)7-9)10-4-6-13(17)15(19)8-10/h3-8,11H,2,18-19H2,1H3. The predicted molar refractivity (Wildman–Crippen MR) is 83.9 cm³/mol. The minimum absolute atomic E-state index is 0.235. The SMILES string of the molecule is CCC(c1ccc(Cl)c(N)c1)c1ccc(Cl)c(N)c1. The monoisotopic (exact) mass is 294 g/mol. The van der Waals surface area contributed by atoms with Crippen molar-refractivity contribution in [1.82, 2.24) is 0 Å².